The fourth-order valence-corrected chi connectivity index (χ4v) is 3.95. The molecule has 2 aromatic carbocycles. The Kier molecular flexibility index (Phi) is 5.28. The van der Waals surface area contributed by atoms with Gasteiger partial charge in [-0.15, -0.1) is 0 Å². The Morgan fingerprint density at radius 2 is 1.57 bits per heavy atom. The molecule has 2 rings (SSSR count). The lowest BCUT2D eigenvalue weighted by molar-refractivity contribution is 0.413. The van der Waals surface area contributed by atoms with Gasteiger partial charge in [-0.05, 0) is 54.8 Å². The number of ether oxygens (including phenoxy) is 2. The molecule has 0 amide bonds. The van der Waals surface area contributed by atoms with Gasteiger partial charge in [0.1, 0.15) is 11.5 Å². The van der Waals surface area contributed by atoms with E-state index in [4.69, 9.17) is 9.47 Å². The first-order valence-electron chi connectivity index (χ1n) is 7.15. The average Bonchev–Trinajstić information content (AvgIpc) is 2.52. The zero-order chi connectivity index (χ0) is 17.0. The van der Waals surface area contributed by atoms with Gasteiger partial charge in [-0.3, -0.25) is 0 Å². The number of methoxy groups -OCH3 is 2. The molecule has 0 spiro atoms. The zero-order valence-corrected chi connectivity index (χ0v) is 14.5. The molecule has 5 nitrogen and oxygen atoms in total. The molecule has 0 saturated carbocycles. The molecule has 0 atom stereocenters. The number of sulfonamides is 1. The molecular weight excluding hydrogens is 314 g/mol. The minimum Gasteiger partial charge on any atom is -0.497 e. The SMILES string of the molecule is COc1cccc(CNS(=O)(=O)c2c(C)cc(OC)cc2C)c1. The van der Waals surface area contributed by atoms with E-state index in [-0.39, 0.29) is 6.54 Å². The van der Waals surface area contributed by atoms with Crippen molar-refractivity contribution in [3.63, 3.8) is 0 Å². The molecule has 0 aliphatic carbocycles. The fraction of sp³-hybridized carbons (Fsp3) is 0.294. The van der Waals surface area contributed by atoms with E-state index in [9.17, 15) is 8.42 Å². The maximum atomic E-state index is 12.6. The standard InChI is InChI=1S/C17H21NO4S/c1-12-8-16(22-4)9-13(2)17(12)23(19,20)18-11-14-6-5-7-15(10-14)21-3/h5-10,18H,11H2,1-4H3. The highest BCUT2D eigenvalue weighted by molar-refractivity contribution is 7.89. The highest BCUT2D eigenvalue weighted by Crippen LogP contribution is 2.25. The van der Waals surface area contributed by atoms with Gasteiger partial charge in [0.15, 0.2) is 0 Å². The van der Waals surface area contributed by atoms with Crippen molar-refractivity contribution in [2.24, 2.45) is 0 Å². The first-order valence-corrected chi connectivity index (χ1v) is 8.63. The molecule has 0 fully saturated rings. The van der Waals surface area contributed by atoms with Crippen molar-refractivity contribution in [1.82, 2.24) is 4.72 Å². The summed E-state index contributed by atoms with van der Waals surface area (Å²) in [6.07, 6.45) is 0. The maximum absolute atomic E-state index is 12.6. The van der Waals surface area contributed by atoms with Crippen LogP contribution in [0.5, 0.6) is 11.5 Å². The van der Waals surface area contributed by atoms with Gasteiger partial charge in [-0.25, -0.2) is 13.1 Å². The van der Waals surface area contributed by atoms with E-state index < -0.39 is 10.0 Å². The summed E-state index contributed by atoms with van der Waals surface area (Å²) in [5, 5.41) is 0. The molecule has 0 aromatic heterocycles. The molecule has 0 saturated heterocycles. The van der Waals surface area contributed by atoms with Crippen LogP contribution in [0.25, 0.3) is 0 Å². The van der Waals surface area contributed by atoms with Crippen LogP contribution in [-0.4, -0.2) is 22.6 Å². The molecule has 0 bridgehead atoms. The summed E-state index contributed by atoms with van der Waals surface area (Å²) in [7, 11) is -0.475. The average molecular weight is 335 g/mol. The van der Waals surface area contributed by atoms with Crippen molar-refractivity contribution in [3.05, 3.63) is 53.1 Å². The van der Waals surface area contributed by atoms with Gasteiger partial charge >= 0.3 is 0 Å². The number of hydrogen-bond donors (Lipinski definition) is 1. The molecule has 23 heavy (non-hydrogen) atoms. The Bertz CT molecular complexity index is 777. The van der Waals surface area contributed by atoms with Crippen molar-refractivity contribution < 1.29 is 17.9 Å². The van der Waals surface area contributed by atoms with E-state index in [1.807, 2.05) is 18.2 Å². The van der Waals surface area contributed by atoms with Crippen LogP contribution in [0.3, 0.4) is 0 Å². The van der Waals surface area contributed by atoms with Crippen LogP contribution in [0.1, 0.15) is 16.7 Å². The number of aryl methyl sites for hydroxylation is 2. The largest absolute Gasteiger partial charge is 0.497 e. The molecule has 0 heterocycles. The quantitative estimate of drug-likeness (QED) is 0.882. The topological polar surface area (TPSA) is 64.6 Å². The summed E-state index contributed by atoms with van der Waals surface area (Å²) in [5.74, 6) is 1.34. The first kappa shape index (κ1) is 17.3. The molecule has 0 aliphatic rings. The van der Waals surface area contributed by atoms with Gasteiger partial charge < -0.3 is 9.47 Å². The van der Waals surface area contributed by atoms with Gasteiger partial charge in [0.2, 0.25) is 10.0 Å². The molecule has 0 aliphatic heterocycles. The Morgan fingerprint density at radius 3 is 2.13 bits per heavy atom. The van der Waals surface area contributed by atoms with Gasteiger partial charge in [0.05, 0.1) is 19.1 Å². The van der Waals surface area contributed by atoms with Crippen LogP contribution < -0.4 is 14.2 Å². The molecule has 0 radical (unpaired) electrons. The van der Waals surface area contributed by atoms with Gasteiger partial charge in [-0.2, -0.15) is 0 Å². The highest BCUT2D eigenvalue weighted by Gasteiger charge is 2.20. The van der Waals surface area contributed by atoms with E-state index in [0.29, 0.717) is 27.5 Å². The Balaban J connectivity index is 2.25. The molecule has 6 heteroatoms. The lowest BCUT2D eigenvalue weighted by atomic mass is 10.1. The van der Waals surface area contributed by atoms with E-state index in [2.05, 4.69) is 4.72 Å². The Labute approximate surface area is 137 Å². The smallest absolute Gasteiger partial charge is 0.241 e. The number of hydrogen-bond acceptors (Lipinski definition) is 4. The Morgan fingerprint density at radius 1 is 0.957 bits per heavy atom. The second-order valence-electron chi connectivity index (χ2n) is 5.27. The van der Waals surface area contributed by atoms with Crippen LogP contribution in [0, 0.1) is 13.8 Å². The summed E-state index contributed by atoms with van der Waals surface area (Å²) in [6, 6.07) is 10.7. The second-order valence-corrected chi connectivity index (χ2v) is 6.97. The molecule has 1 N–H and O–H groups in total. The number of rotatable bonds is 6. The molecular formula is C17H21NO4S. The Hall–Kier alpha value is -2.05. The van der Waals surface area contributed by atoms with Gasteiger partial charge in [-0.1, -0.05) is 12.1 Å². The monoisotopic (exact) mass is 335 g/mol. The normalized spacial score (nSPS) is 11.3. The molecule has 2 aromatic rings. The summed E-state index contributed by atoms with van der Waals surface area (Å²) in [6.45, 7) is 3.72. The van der Waals surface area contributed by atoms with Crippen molar-refractivity contribution >= 4 is 10.0 Å². The lowest BCUT2D eigenvalue weighted by Crippen LogP contribution is -2.24. The van der Waals surface area contributed by atoms with E-state index in [1.54, 1.807) is 46.3 Å². The lowest BCUT2D eigenvalue weighted by Gasteiger charge is -2.14. The summed E-state index contributed by atoms with van der Waals surface area (Å²) in [5.41, 5.74) is 2.14. The van der Waals surface area contributed by atoms with Crippen molar-refractivity contribution in [2.75, 3.05) is 14.2 Å². The van der Waals surface area contributed by atoms with E-state index in [0.717, 1.165) is 5.56 Å². The number of nitrogens with one attached hydrogen (secondary N) is 1. The van der Waals surface area contributed by atoms with Crippen molar-refractivity contribution in [2.45, 2.75) is 25.3 Å². The van der Waals surface area contributed by atoms with Gasteiger partial charge in [0, 0.05) is 6.54 Å². The van der Waals surface area contributed by atoms with Crippen molar-refractivity contribution in [3.8, 4) is 11.5 Å². The molecule has 0 unspecified atom stereocenters. The molecule has 124 valence electrons. The number of benzene rings is 2. The van der Waals surface area contributed by atoms with E-state index >= 15 is 0 Å². The third kappa shape index (κ3) is 4.03. The van der Waals surface area contributed by atoms with Crippen LogP contribution in [-0.2, 0) is 16.6 Å². The predicted octanol–water partition coefficient (Wildman–Crippen LogP) is 2.80. The fourth-order valence-electron chi connectivity index (χ4n) is 2.49. The summed E-state index contributed by atoms with van der Waals surface area (Å²) < 4.78 is 38.2. The van der Waals surface area contributed by atoms with Crippen molar-refractivity contribution in [1.29, 1.82) is 0 Å². The zero-order valence-electron chi connectivity index (χ0n) is 13.7. The second kappa shape index (κ2) is 7.02. The van der Waals surface area contributed by atoms with Crippen LogP contribution in [0.15, 0.2) is 41.3 Å². The summed E-state index contributed by atoms with van der Waals surface area (Å²) in [4.78, 5) is 0.293. The first-order chi connectivity index (χ1) is 10.9. The minimum atomic E-state index is -3.61. The highest BCUT2D eigenvalue weighted by atomic mass is 32.2. The van der Waals surface area contributed by atoms with Crippen LogP contribution in [0.4, 0.5) is 0 Å². The van der Waals surface area contributed by atoms with Crippen LogP contribution in [0.2, 0.25) is 0 Å². The third-order valence-electron chi connectivity index (χ3n) is 3.54. The van der Waals surface area contributed by atoms with Gasteiger partial charge in [0.25, 0.3) is 0 Å². The minimum absolute atomic E-state index is 0.199. The van der Waals surface area contributed by atoms with E-state index in [1.165, 1.54) is 0 Å². The maximum Gasteiger partial charge on any atom is 0.241 e. The predicted molar refractivity (Wildman–Crippen MR) is 89.5 cm³/mol. The third-order valence-corrected chi connectivity index (χ3v) is 5.24. The summed E-state index contributed by atoms with van der Waals surface area (Å²) >= 11 is 0. The van der Waals surface area contributed by atoms with Crippen LogP contribution >= 0.6 is 0 Å².